The number of imide groups is 2. The predicted molar refractivity (Wildman–Crippen MR) is 71.1 cm³/mol. The van der Waals surface area contributed by atoms with E-state index in [9.17, 15) is 24.0 Å². The molecule has 0 N–H and O–H groups in total. The molecule has 0 aromatic rings. The number of carbonyl (C=O) groups excluding carboxylic acids is 5. The van der Waals surface area contributed by atoms with Crippen LogP contribution in [-0.4, -0.2) is 47.1 Å². The molecule has 0 spiro atoms. The van der Waals surface area contributed by atoms with E-state index in [-0.39, 0.29) is 25.2 Å². The second-order valence-electron chi connectivity index (χ2n) is 3.92. The first-order chi connectivity index (χ1) is 10.0. The highest BCUT2D eigenvalue weighted by molar-refractivity contribution is 6.01. The third kappa shape index (κ3) is 6.46. The molecule has 4 amide bonds. The molecule has 1 heterocycles. The molecule has 0 bridgehead atoms. The summed E-state index contributed by atoms with van der Waals surface area (Å²) in [6.07, 6.45) is 4.62. The molecule has 8 heteroatoms. The summed E-state index contributed by atoms with van der Waals surface area (Å²) >= 11 is 0. The first-order valence-corrected chi connectivity index (χ1v) is 6.36. The van der Waals surface area contributed by atoms with E-state index < -0.39 is 11.8 Å². The van der Waals surface area contributed by atoms with Crippen LogP contribution in [0.4, 0.5) is 0 Å². The minimum absolute atomic E-state index is 0.0567. The molecule has 0 unspecified atom stereocenters. The Kier molecular flexibility index (Phi) is 9.07. The Hall–Kier alpha value is -2.51. The fourth-order valence-corrected chi connectivity index (χ4v) is 1.41. The lowest BCUT2D eigenvalue weighted by atomic mass is 10.4. The molecule has 1 fully saturated rings. The normalized spacial score (nSPS) is 13.7. The largest absolute Gasteiger partial charge is 0.334 e. The van der Waals surface area contributed by atoms with Crippen LogP contribution >= 0.6 is 0 Å². The number of rotatable bonds is 6. The monoisotopic (exact) mass is 298 g/mol. The molecule has 0 aromatic heterocycles. The summed E-state index contributed by atoms with van der Waals surface area (Å²) < 4.78 is 0. The molecule has 0 aromatic carbocycles. The number of amides is 4. The van der Waals surface area contributed by atoms with Crippen LogP contribution in [0.5, 0.6) is 0 Å². The minimum Gasteiger partial charge on any atom is -0.334 e. The molecule has 1 saturated heterocycles. The molecule has 0 saturated carbocycles. The zero-order chi connectivity index (χ0) is 16.3. The Morgan fingerprint density at radius 3 is 2.24 bits per heavy atom. The van der Waals surface area contributed by atoms with Crippen LogP contribution < -0.4 is 0 Å². The number of allylic oxidation sites excluding steroid dienone is 1. The van der Waals surface area contributed by atoms with Gasteiger partial charge in [0.2, 0.25) is 6.41 Å². The molecule has 1 aliphatic heterocycles. The number of hydrogen-bond donors (Lipinski definition) is 0. The van der Waals surface area contributed by atoms with E-state index in [0.29, 0.717) is 18.0 Å². The SMILES string of the molecule is C/C=C\C(=O)N(C=O)CCC.O=CON1C(=O)CCC1=O. The highest BCUT2D eigenvalue weighted by Gasteiger charge is 2.30. The van der Waals surface area contributed by atoms with Gasteiger partial charge in [-0.25, -0.2) is 0 Å². The molecule has 8 nitrogen and oxygen atoms in total. The van der Waals surface area contributed by atoms with Gasteiger partial charge in [0.15, 0.2) is 0 Å². The van der Waals surface area contributed by atoms with E-state index in [1.54, 1.807) is 13.0 Å². The van der Waals surface area contributed by atoms with Crippen molar-refractivity contribution in [3.8, 4) is 0 Å². The van der Waals surface area contributed by atoms with Gasteiger partial charge in [-0.3, -0.25) is 28.9 Å². The predicted octanol–water partition coefficient (Wildman–Crippen LogP) is 0.181. The van der Waals surface area contributed by atoms with Gasteiger partial charge in [0.1, 0.15) is 0 Å². The Bertz CT molecular complexity index is 416. The van der Waals surface area contributed by atoms with Crippen LogP contribution in [0.25, 0.3) is 0 Å². The summed E-state index contributed by atoms with van der Waals surface area (Å²) in [7, 11) is 0. The molecular weight excluding hydrogens is 280 g/mol. The lowest BCUT2D eigenvalue weighted by Gasteiger charge is -2.10. The minimum atomic E-state index is -0.461. The van der Waals surface area contributed by atoms with Gasteiger partial charge in [-0.1, -0.05) is 13.0 Å². The topological polar surface area (TPSA) is 101 Å². The van der Waals surface area contributed by atoms with Gasteiger partial charge >= 0.3 is 6.47 Å². The van der Waals surface area contributed by atoms with E-state index in [2.05, 4.69) is 4.84 Å². The molecule has 116 valence electrons. The van der Waals surface area contributed by atoms with Gasteiger partial charge in [0.05, 0.1) is 0 Å². The Balaban J connectivity index is 0.000000382. The third-order valence-corrected chi connectivity index (χ3v) is 2.34. The number of nitrogens with zero attached hydrogens (tertiary/aromatic N) is 2. The van der Waals surface area contributed by atoms with Gasteiger partial charge in [0, 0.05) is 19.4 Å². The van der Waals surface area contributed by atoms with E-state index in [1.165, 1.54) is 6.08 Å². The molecule has 1 aliphatic rings. The summed E-state index contributed by atoms with van der Waals surface area (Å²) in [4.78, 5) is 57.4. The summed E-state index contributed by atoms with van der Waals surface area (Å²) in [6, 6.07) is 0. The average molecular weight is 298 g/mol. The zero-order valence-electron chi connectivity index (χ0n) is 12.0. The molecule has 21 heavy (non-hydrogen) atoms. The first-order valence-electron chi connectivity index (χ1n) is 6.36. The van der Waals surface area contributed by atoms with Crippen LogP contribution in [0.1, 0.15) is 33.1 Å². The van der Waals surface area contributed by atoms with Crippen molar-refractivity contribution < 1.29 is 28.8 Å². The second kappa shape index (κ2) is 10.3. The quantitative estimate of drug-likeness (QED) is 0.394. The molecular formula is C13H18N2O6. The molecule has 1 rings (SSSR count). The van der Waals surface area contributed by atoms with Crippen molar-refractivity contribution in [2.24, 2.45) is 0 Å². The highest BCUT2D eigenvalue weighted by atomic mass is 16.7. The van der Waals surface area contributed by atoms with Crippen LogP contribution in [0, 0.1) is 0 Å². The van der Waals surface area contributed by atoms with Crippen molar-refractivity contribution in [3.05, 3.63) is 12.2 Å². The van der Waals surface area contributed by atoms with E-state index >= 15 is 0 Å². The van der Waals surface area contributed by atoms with Crippen LogP contribution in [0.2, 0.25) is 0 Å². The number of hydroxylamine groups is 2. The van der Waals surface area contributed by atoms with Crippen molar-refractivity contribution in [3.63, 3.8) is 0 Å². The van der Waals surface area contributed by atoms with E-state index in [4.69, 9.17) is 0 Å². The maximum absolute atomic E-state index is 11.0. The van der Waals surface area contributed by atoms with Gasteiger partial charge in [-0.15, -0.1) is 5.06 Å². The summed E-state index contributed by atoms with van der Waals surface area (Å²) in [6.45, 7) is 4.21. The van der Waals surface area contributed by atoms with Crippen molar-refractivity contribution in [1.29, 1.82) is 0 Å². The highest BCUT2D eigenvalue weighted by Crippen LogP contribution is 2.10. The van der Waals surface area contributed by atoms with Crippen LogP contribution in [0.15, 0.2) is 12.2 Å². The number of carbonyl (C=O) groups is 5. The Morgan fingerprint density at radius 1 is 1.29 bits per heavy atom. The van der Waals surface area contributed by atoms with Crippen molar-refractivity contribution in [2.75, 3.05) is 6.54 Å². The second-order valence-corrected chi connectivity index (χ2v) is 3.92. The molecule has 0 radical (unpaired) electrons. The number of hydrogen-bond acceptors (Lipinski definition) is 6. The van der Waals surface area contributed by atoms with Crippen molar-refractivity contribution in [1.82, 2.24) is 9.96 Å². The summed E-state index contributed by atoms with van der Waals surface area (Å²) in [5.41, 5.74) is 0. The summed E-state index contributed by atoms with van der Waals surface area (Å²) in [5.74, 6) is -1.17. The van der Waals surface area contributed by atoms with E-state index in [0.717, 1.165) is 11.3 Å². The fourth-order valence-electron chi connectivity index (χ4n) is 1.41. The molecule has 0 aliphatic carbocycles. The third-order valence-electron chi connectivity index (χ3n) is 2.34. The van der Waals surface area contributed by atoms with Gasteiger partial charge in [0.25, 0.3) is 17.7 Å². The van der Waals surface area contributed by atoms with Gasteiger partial charge < -0.3 is 4.84 Å². The van der Waals surface area contributed by atoms with Crippen molar-refractivity contribution in [2.45, 2.75) is 33.1 Å². The standard InChI is InChI=1S/C8H13NO2.C5H5NO4/c1-3-5-8(11)9(7-10)6-4-2;7-3-10-6-4(8)1-2-5(6)9/h3,5,7H,4,6H2,1-2H3;3H,1-2H2/b5-3-;. The first kappa shape index (κ1) is 18.5. The lowest BCUT2D eigenvalue weighted by Crippen LogP contribution is -2.28. The maximum atomic E-state index is 11.0. The fraction of sp³-hybridized carbons (Fsp3) is 0.462. The summed E-state index contributed by atoms with van der Waals surface area (Å²) in [5, 5.41) is 0.479. The maximum Gasteiger partial charge on any atom is 0.321 e. The molecule has 0 atom stereocenters. The van der Waals surface area contributed by atoms with Crippen LogP contribution in [0.3, 0.4) is 0 Å². The Morgan fingerprint density at radius 2 is 1.86 bits per heavy atom. The zero-order valence-corrected chi connectivity index (χ0v) is 12.0. The lowest BCUT2D eigenvalue weighted by molar-refractivity contribution is -0.188. The van der Waals surface area contributed by atoms with Gasteiger partial charge in [-0.05, 0) is 19.4 Å². The Labute approximate surface area is 122 Å². The smallest absolute Gasteiger partial charge is 0.321 e. The average Bonchev–Trinajstić information content (AvgIpc) is 2.78. The van der Waals surface area contributed by atoms with Gasteiger partial charge in [-0.2, -0.15) is 0 Å². The van der Waals surface area contributed by atoms with E-state index in [1.807, 2.05) is 6.92 Å². The van der Waals surface area contributed by atoms with Crippen LogP contribution in [-0.2, 0) is 28.8 Å². The van der Waals surface area contributed by atoms with Crippen molar-refractivity contribution >= 4 is 30.6 Å².